The van der Waals surface area contributed by atoms with E-state index in [2.05, 4.69) is 4.18 Å². The molecule has 7 nitrogen and oxygen atoms in total. The molecule has 0 aromatic heterocycles. The number of halogens is 3. The molecule has 1 aliphatic heterocycles. The summed E-state index contributed by atoms with van der Waals surface area (Å²) in [5.74, 6) is 1.37. The Morgan fingerprint density at radius 3 is 2.00 bits per heavy atom. The third-order valence-electron chi connectivity index (χ3n) is 4.39. The van der Waals surface area contributed by atoms with E-state index in [1.165, 1.54) is 12.1 Å². The van der Waals surface area contributed by atoms with Crippen molar-refractivity contribution in [2.24, 2.45) is 0 Å². The summed E-state index contributed by atoms with van der Waals surface area (Å²) in [5, 5.41) is 0. The average Bonchev–Trinajstić information content (AvgIpc) is 2.60. The van der Waals surface area contributed by atoms with E-state index in [1.54, 1.807) is 0 Å². The van der Waals surface area contributed by atoms with Crippen molar-refractivity contribution in [3.05, 3.63) is 29.8 Å². The zero-order valence-corrected chi connectivity index (χ0v) is 18.1. The van der Waals surface area contributed by atoms with Gasteiger partial charge in [0.25, 0.3) is 0 Å². The molecule has 0 bridgehead atoms. The van der Waals surface area contributed by atoms with E-state index in [-0.39, 0.29) is 16.7 Å². The van der Waals surface area contributed by atoms with E-state index in [4.69, 9.17) is 0 Å². The zero-order valence-electron chi connectivity index (χ0n) is 15.7. The third kappa shape index (κ3) is 5.86. The van der Waals surface area contributed by atoms with Crippen LogP contribution in [0.2, 0.25) is 0 Å². The van der Waals surface area contributed by atoms with Crippen molar-refractivity contribution in [1.82, 2.24) is 4.13 Å². The number of nitrogens with one attached hydrogen (secondary N) is 1. The lowest BCUT2D eigenvalue weighted by Crippen LogP contribution is -2.45. The summed E-state index contributed by atoms with van der Waals surface area (Å²) < 4.78 is 86.1. The molecule has 1 aromatic carbocycles. The lowest BCUT2D eigenvalue weighted by Gasteiger charge is -2.27. The summed E-state index contributed by atoms with van der Waals surface area (Å²) in [6, 6.07) is 4.74. The van der Waals surface area contributed by atoms with E-state index < -0.39 is 36.3 Å². The highest BCUT2D eigenvalue weighted by Gasteiger charge is 2.49. The Labute approximate surface area is 170 Å². The number of sulfonamides is 1. The van der Waals surface area contributed by atoms with Crippen LogP contribution in [0.4, 0.5) is 13.2 Å². The number of hydrogen-bond acceptors (Lipinski definition) is 6. The summed E-state index contributed by atoms with van der Waals surface area (Å²) in [5.41, 5.74) is -5.51. The predicted octanol–water partition coefficient (Wildman–Crippen LogP) is 2.51. The molecule has 0 spiro atoms. The minimum absolute atomic E-state index is 0.0867. The van der Waals surface area contributed by atoms with Gasteiger partial charge < -0.3 is 4.18 Å². The maximum Gasteiger partial charge on any atom is 0.512 e. The van der Waals surface area contributed by atoms with Crippen molar-refractivity contribution in [3.8, 4) is 5.75 Å². The van der Waals surface area contributed by atoms with Crippen molar-refractivity contribution in [2.45, 2.75) is 43.4 Å². The first-order chi connectivity index (χ1) is 13.2. The second-order valence-electron chi connectivity index (χ2n) is 6.90. The SMILES string of the molecule is CC(C)(C(=O)c1ccc(OS(=O)(=O)NS(=O)(=O)C(F)(F)F)cc1)[S+]1CCCCC1. The highest BCUT2D eigenvalue weighted by molar-refractivity contribution is 8.03. The second-order valence-corrected chi connectivity index (χ2v) is 12.9. The van der Waals surface area contributed by atoms with Gasteiger partial charge in [0, 0.05) is 16.5 Å². The Morgan fingerprint density at radius 1 is 1.00 bits per heavy atom. The van der Waals surface area contributed by atoms with Crippen LogP contribution in [0.5, 0.6) is 5.75 Å². The molecule has 1 aromatic rings. The number of benzene rings is 1. The molecular formula is C16H21F3NO6S3+. The van der Waals surface area contributed by atoms with Crippen LogP contribution in [0.15, 0.2) is 24.3 Å². The van der Waals surface area contributed by atoms with Crippen LogP contribution in [-0.4, -0.2) is 44.4 Å². The Hall–Kier alpha value is -1.31. The molecule has 0 saturated carbocycles. The second kappa shape index (κ2) is 8.44. The van der Waals surface area contributed by atoms with E-state index in [9.17, 15) is 34.8 Å². The van der Waals surface area contributed by atoms with Crippen molar-refractivity contribution < 1.29 is 39.0 Å². The molecule has 1 fully saturated rings. The maximum absolute atomic E-state index is 12.9. The Kier molecular flexibility index (Phi) is 6.97. The highest BCUT2D eigenvalue weighted by Crippen LogP contribution is 2.30. The van der Waals surface area contributed by atoms with E-state index in [1.807, 2.05) is 13.8 Å². The standard InChI is InChI=1S/C16H21F3NO6S3/c1-15(2,27-10-4-3-5-11-27)14(21)12-6-8-13(9-7-12)26-29(24,25)20-28(22,23)16(17,18)19/h6-9,20H,3-5,10-11H2,1-2H3/q+1. The number of alkyl halides is 3. The number of rotatable bonds is 7. The van der Waals surface area contributed by atoms with Crippen LogP contribution < -0.4 is 8.31 Å². The molecule has 1 heterocycles. The number of carbonyl (C=O) groups is 1. The Morgan fingerprint density at radius 2 is 1.52 bits per heavy atom. The van der Waals surface area contributed by atoms with E-state index in [0.717, 1.165) is 42.9 Å². The van der Waals surface area contributed by atoms with Gasteiger partial charge >= 0.3 is 25.8 Å². The molecule has 0 aliphatic carbocycles. The van der Waals surface area contributed by atoms with Crippen molar-refractivity contribution in [3.63, 3.8) is 0 Å². The summed E-state index contributed by atoms with van der Waals surface area (Å²) in [6.45, 7) is 3.73. The van der Waals surface area contributed by atoms with Crippen molar-refractivity contribution in [1.29, 1.82) is 0 Å². The molecule has 0 atom stereocenters. The monoisotopic (exact) mass is 476 g/mol. The van der Waals surface area contributed by atoms with Gasteiger partial charge in [-0.3, -0.25) is 4.79 Å². The quantitative estimate of drug-likeness (QED) is 0.479. The fraction of sp³-hybridized carbons (Fsp3) is 0.562. The van der Waals surface area contributed by atoms with Crippen LogP contribution in [-0.2, 0) is 31.2 Å². The van der Waals surface area contributed by atoms with Crippen LogP contribution >= 0.6 is 0 Å². The average molecular weight is 477 g/mol. The van der Waals surface area contributed by atoms with Gasteiger partial charge in [0.1, 0.15) is 17.3 Å². The normalized spacial score (nSPS) is 17.1. The van der Waals surface area contributed by atoms with Crippen molar-refractivity contribution >= 4 is 37.0 Å². The van der Waals surface area contributed by atoms with Gasteiger partial charge in [-0.25, -0.2) is 8.42 Å². The van der Waals surface area contributed by atoms with Gasteiger partial charge in [0.2, 0.25) is 5.78 Å². The fourth-order valence-electron chi connectivity index (χ4n) is 2.81. The molecule has 164 valence electrons. The van der Waals surface area contributed by atoms with Gasteiger partial charge in [-0.2, -0.15) is 21.6 Å². The Balaban J connectivity index is 2.12. The maximum atomic E-state index is 12.9. The van der Waals surface area contributed by atoms with E-state index in [0.29, 0.717) is 9.69 Å². The van der Waals surface area contributed by atoms with E-state index >= 15 is 0 Å². The predicted molar refractivity (Wildman–Crippen MR) is 103 cm³/mol. The van der Waals surface area contributed by atoms with Gasteiger partial charge in [0.05, 0.1) is 0 Å². The third-order valence-corrected chi connectivity index (χ3v) is 10.3. The largest absolute Gasteiger partial charge is 0.512 e. The lowest BCUT2D eigenvalue weighted by atomic mass is 10.0. The van der Waals surface area contributed by atoms with Crippen molar-refractivity contribution in [2.75, 3.05) is 11.5 Å². The van der Waals surface area contributed by atoms with Crippen LogP contribution in [0.1, 0.15) is 43.5 Å². The molecule has 1 aliphatic rings. The number of carbonyl (C=O) groups excluding carboxylic acids is 1. The molecule has 0 radical (unpaired) electrons. The Bertz CT molecular complexity index is 951. The first kappa shape index (κ1) is 24.0. The van der Waals surface area contributed by atoms with Gasteiger partial charge in [-0.1, -0.05) is 4.13 Å². The molecular weight excluding hydrogens is 455 g/mol. The van der Waals surface area contributed by atoms with Gasteiger partial charge in [-0.05, 0) is 57.4 Å². The first-order valence-corrected chi connectivity index (χ1v) is 13.0. The topological polar surface area (TPSA) is 107 Å². The smallest absolute Gasteiger partial charge is 0.370 e. The molecule has 1 N–H and O–H groups in total. The summed E-state index contributed by atoms with van der Waals surface area (Å²) in [4.78, 5) is 12.9. The van der Waals surface area contributed by atoms with Crippen LogP contribution in [0, 0.1) is 0 Å². The fourth-order valence-corrected chi connectivity index (χ4v) is 7.47. The minimum atomic E-state index is -6.15. The zero-order chi connectivity index (χ0) is 22.1. The molecule has 0 unspecified atom stereocenters. The van der Waals surface area contributed by atoms with Crippen LogP contribution in [0.25, 0.3) is 0 Å². The molecule has 13 heteroatoms. The lowest BCUT2D eigenvalue weighted by molar-refractivity contribution is -0.0442. The summed E-state index contributed by atoms with van der Waals surface area (Å²) in [7, 11) is -11.5. The number of hydrogen-bond donors (Lipinski definition) is 1. The van der Waals surface area contributed by atoms with Crippen LogP contribution in [0.3, 0.4) is 0 Å². The first-order valence-electron chi connectivity index (χ1n) is 8.52. The van der Waals surface area contributed by atoms with Gasteiger partial charge in [-0.15, -0.1) is 0 Å². The summed E-state index contributed by atoms with van der Waals surface area (Å²) in [6.07, 6.45) is 3.28. The summed E-state index contributed by atoms with van der Waals surface area (Å²) >= 11 is 0. The molecule has 2 rings (SSSR count). The van der Waals surface area contributed by atoms with Gasteiger partial charge in [0.15, 0.2) is 4.75 Å². The number of ketones is 1. The molecule has 29 heavy (non-hydrogen) atoms. The number of Topliss-reactive ketones (excluding diaryl/α,β-unsaturated/α-hetero) is 1. The highest BCUT2D eigenvalue weighted by atomic mass is 32.3. The molecule has 1 saturated heterocycles. The minimum Gasteiger partial charge on any atom is -0.370 e. The molecule has 0 amide bonds.